The standard InChI is InChI=1S/C22H32N2O2/c1-14-15(2)17(4)21(18(5)16(14)3)8-9-22(12-24-11-10-23-13-24)25-19(6)20(7)26-22/h10-11,13,19-20H,8-9,12H2,1-7H3. The van der Waals surface area contributed by atoms with E-state index in [2.05, 4.69) is 58.0 Å². The number of hydrogen-bond acceptors (Lipinski definition) is 3. The molecule has 0 bridgehead atoms. The van der Waals surface area contributed by atoms with Gasteiger partial charge in [-0.05, 0) is 88.3 Å². The fraction of sp³-hybridized carbons (Fsp3) is 0.591. The predicted octanol–water partition coefficient (Wildman–Crippen LogP) is 4.58. The van der Waals surface area contributed by atoms with Gasteiger partial charge >= 0.3 is 0 Å². The Morgan fingerprint density at radius 1 is 0.923 bits per heavy atom. The van der Waals surface area contributed by atoms with Gasteiger partial charge < -0.3 is 14.0 Å². The second-order valence-electron chi connectivity index (χ2n) is 7.90. The molecule has 0 aliphatic carbocycles. The molecule has 1 aromatic heterocycles. The highest BCUT2D eigenvalue weighted by Gasteiger charge is 2.44. The molecule has 2 atom stereocenters. The van der Waals surface area contributed by atoms with Gasteiger partial charge in [-0.25, -0.2) is 4.98 Å². The van der Waals surface area contributed by atoms with Crippen molar-refractivity contribution < 1.29 is 9.47 Å². The highest BCUT2D eigenvalue weighted by Crippen LogP contribution is 2.36. The van der Waals surface area contributed by atoms with Crippen molar-refractivity contribution in [3.63, 3.8) is 0 Å². The summed E-state index contributed by atoms with van der Waals surface area (Å²) in [4.78, 5) is 4.16. The van der Waals surface area contributed by atoms with Crippen molar-refractivity contribution in [3.8, 4) is 0 Å². The van der Waals surface area contributed by atoms with Crippen molar-refractivity contribution in [1.82, 2.24) is 9.55 Å². The number of rotatable bonds is 5. The molecule has 1 fully saturated rings. The van der Waals surface area contributed by atoms with Crippen LogP contribution in [0.4, 0.5) is 0 Å². The summed E-state index contributed by atoms with van der Waals surface area (Å²) in [6.45, 7) is 16.0. The van der Waals surface area contributed by atoms with Crippen LogP contribution >= 0.6 is 0 Å². The number of imidazole rings is 1. The van der Waals surface area contributed by atoms with Crippen molar-refractivity contribution >= 4 is 0 Å². The van der Waals surface area contributed by atoms with Crippen LogP contribution in [0, 0.1) is 34.6 Å². The quantitative estimate of drug-likeness (QED) is 0.787. The van der Waals surface area contributed by atoms with E-state index in [4.69, 9.17) is 9.47 Å². The minimum atomic E-state index is -0.592. The third-order valence-corrected chi connectivity index (χ3v) is 6.36. The molecule has 0 N–H and O–H groups in total. The number of aromatic nitrogens is 2. The molecule has 1 aliphatic rings. The molecule has 2 aromatic rings. The second kappa shape index (κ2) is 7.16. The fourth-order valence-electron chi connectivity index (χ4n) is 4.09. The normalized spacial score (nSPS) is 25.8. The van der Waals surface area contributed by atoms with E-state index < -0.39 is 5.79 Å². The van der Waals surface area contributed by atoms with Gasteiger partial charge in [0.2, 0.25) is 0 Å². The van der Waals surface area contributed by atoms with Gasteiger partial charge in [-0.1, -0.05) is 0 Å². The van der Waals surface area contributed by atoms with Crippen LogP contribution in [0.3, 0.4) is 0 Å². The zero-order valence-corrected chi connectivity index (χ0v) is 17.2. The zero-order valence-electron chi connectivity index (χ0n) is 17.2. The van der Waals surface area contributed by atoms with Crippen LogP contribution in [0.25, 0.3) is 0 Å². The lowest BCUT2D eigenvalue weighted by atomic mass is 9.87. The molecule has 142 valence electrons. The zero-order chi connectivity index (χ0) is 19.1. The lowest BCUT2D eigenvalue weighted by Gasteiger charge is -2.30. The monoisotopic (exact) mass is 356 g/mol. The Balaban J connectivity index is 1.88. The molecule has 3 rings (SSSR count). The SMILES string of the molecule is Cc1c(C)c(C)c(CCC2(Cn3ccnc3)OC(C)C(C)O2)c(C)c1C. The maximum absolute atomic E-state index is 6.35. The molecule has 4 heteroatoms. The molecule has 0 spiro atoms. The molecule has 2 unspecified atom stereocenters. The molecule has 26 heavy (non-hydrogen) atoms. The van der Waals surface area contributed by atoms with Crippen molar-refractivity contribution in [2.45, 2.75) is 85.8 Å². The maximum Gasteiger partial charge on any atom is 0.187 e. The summed E-state index contributed by atoms with van der Waals surface area (Å²) in [5.41, 5.74) is 8.47. The van der Waals surface area contributed by atoms with Gasteiger partial charge in [-0.3, -0.25) is 0 Å². The summed E-state index contributed by atoms with van der Waals surface area (Å²) in [6, 6.07) is 0. The van der Waals surface area contributed by atoms with Crippen LogP contribution in [0.2, 0.25) is 0 Å². The van der Waals surface area contributed by atoms with Crippen LogP contribution in [-0.4, -0.2) is 27.5 Å². The highest BCUT2D eigenvalue weighted by molar-refractivity contribution is 5.49. The van der Waals surface area contributed by atoms with E-state index in [1.165, 1.54) is 33.4 Å². The molecular weight excluding hydrogens is 324 g/mol. The number of nitrogens with zero attached hydrogens (tertiary/aromatic N) is 2. The highest BCUT2D eigenvalue weighted by atomic mass is 16.8. The van der Waals surface area contributed by atoms with Crippen LogP contribution in [0.1, 0.15) is 53.6 Å². The van der Waals surface area contributed by atoms with Gasteiger partial charge in [-0.2, -0.15) is 0 Å². The van der Waals surface area contributed by atoms with E-state index >= 15 is 0 Å². The molecule has 0 amide bonds. The number of ether oxygens (including phenoxy) is 2. The Hall–Kier alpha value is -1.65. The van der Waals surface area contributed by atoms with Crippen molar-refractivity contribution in [1.29, 1.82) is 0 Å². The first-order valence-electron chi connectivity index (χ1n) is 9.61. The van der Waals surface area contributed by atoms with E-state index in [9.17, 15) is 0 Å². The summed E-state index contributed by atoms with van der Waals surface area (Å²) in [7, 11) is 0. The van der Waals surface area contributed by atoms with Crippen LogP contribution in [0.15, 0.2) is 18.7 Å². The molecule has 0 radical (unpaired) electrons. The number of hydrogen-bond donors (Lipinski definition) is 0. The van der Waals surface area contributed by atoms with Gasteiger partial charge in [0.05, 0.1) is 25.1 Å². The van der Waals surface area contributed by atoms with Crippen molar-refractivity contribution in [3.05, 3.63) is 52.1 Å². The number of benzene rings is 1. The average molecular weight is 357 g/mol. The van der Waals surface area contributed by atoms with E-state index in [0.717, 1.165) is 12.8 Å². The van der Waals surface area contributed by atoms with Gasteiger partial charge in [0, 0.05) is 18.8 Å². The minimum absolute atomic E-state index is 0.0993. The van der Waals surface area contributed by atoms with Crippen LogP contribution < -0.4 is 0 Å². The Labute approximate surface area is 157 Å². The topological polar surface area (TPSA) is 36.3 Å². The summed E-state index contributed by atoms with van der Waals surface area (Å²) in [6.07, 6.45) is 7.59. The Morgan fingerprint density at radius 3 is 1.96 bits per heavy atom. The van der Waals surface area contributed by atoms with E-state index in [1.807, 2.05) is 12.5 Å². The van der Waals surface area contributed by atoms with E-state index in [0.29, 0.717) is 6.54 Å². The maximum atomic E-state index is 6.35. The Kier molecular flexibility index (Phi) is 5.27. The van der Waals surface area contributed by atoms with Crippen LogP contribution in [0.5, 0.6) is 0 Å². The first-order valence-corrected chi connectivity index (χ1v) is 9.61. The minimum Gasteiger partial charge on any atom is -0.342 e. The molecule has 1 aliphatic heterocycles. The van der Waals surface area contributed by atoms with Gasteiger partial charge in [0.15, 0.2) is 5.79 Å². The summed E-state index contributed by atoms with van der Waals surface area (Å²) in [5, 5.41) is 0. The molecular formula is C22H32N2O2. The third kappa shape index (κ3) is 3.45. The first kappa shape index (κ1) is 19.1. The largest absolute Gasteiger partial charge is 0.342 e. The summed E-state index contributed by atoms with van der Waals surface area (Å²) >= 11 is 0. The van der Waals surface area contributed by atoms with E-state index in [-0.39, 0.29) is 12.2 Å². The smallest absolute Gasteiger partial charge is 0.187 e. The molecule has 0 saturated carbocycles. The summed E-state index contributed by atoms with van der Waals surface area (Å²) < 4.78 is 14.8. The molecule has 1 saturated heterocycles. The first-order chi connectivity index (χ1) is 12.2. The van der Waals surface area contributed by atoms with E-state index in [1.54, 1.807) is 6.20 Å². The fourth-order valence-corrected chi connectivity index (χ4v) is 4.09. The lowest BCUT2D eigenvalue weighted by Crippen LogP contribution is -2.37. The molecule has 1 aromatic carbocycles. The van der Waals surface area contributed by atoms with Crippen molar-refractivity contribution in [2.24, 2.45) is 0 Å². The lowest BCUT2D eigenvalue weighted by molar-refractivity contribution is -0.186. The average Bonchev–Trinajstić information content (AvgIpc) is 3.20. The molecule has 4 nitrogen and oxygen atoms in total. The Morgan fingerprint density at radius 2 is 1.46 bits per heavy atom. The Bertz CT molecular complexity index is 741. The van der Waals surface area contributed by atoms with Gasteiger partial charge in [-0.15, -0.1) is 0 Å². The predicted molar refractivity (Wildman–Crippen MR) is 105 cm³/mol. The third-order valence-electron chi connectivity index (χ3n) is 6.36. The van der Waals surface area contributed by atoms with Crippen molar-refractivity contribution in [2.75, 3.05) is 0 Å². The van der Waals surface area contributed by atoms with Gasteiger partial charge in [0.25, 0.3) is 0 Å². The molecule has 2 heterocycles. The van der Waals surface area contributed by atoms with Gasteiger partial charge in [0.1, 0.15) is 0 Å². The summed E-state index contributed by atoms with van der Waals surface area (Å²) in [5.74, 6) is -0.592. The second-order valence-corrected chi connectivity index (χ2v) is 7.90. The van der Waals surface area contributed by atoms with Crippen LogP contribution in [-0.2, 0) is 22.4 Å².